The Labute approximate surface area is 193 Å². The highest BCUT2D eigenvalue weighted by Crippen LogP contribution is 2.42. The highest BCUT2D eigenvalue weighted by atomic mass is 16.6. The summed E-state index contributed by atoms with van der Waals surface area (Å²) in [5.74, 6) is 0.805. The lowest BCUT2D eigenvalue weighted by Gasteiger charge is -2.19. The normalized spacial score (nSPS) is 16.4. The fourth-order valence-electron chi connectivity index (χ4n) is 4.18. The fraction of sp³-hybridized carbons (Fsp3) is 0.0800. The molecule has 0 fully saturated rings. The van der Waals surface area contributed by atoms with Crippen LogP contribution in [-0.2, 0) is 16.1 Å². The standard InChI is InChI=1S/C25H18N4O5/c30-23-22-25(28-21-11-15(29(31)32)7-9-20(21)27-22)34-24(23)18-12-26-19-8-6-14(10-17(18)19)13-33-16-4-2-1-3-5-16/h1-12,24,26-28H,13H2. The van der Waals surface area contributed by atoms with Gasteiger partial charge in [0.2, 0.25) is 11.7 Å². The fourth-order valence-corrected chi connectivity index (χ4v) is 4.18. The number of carbonyl (C=O) groups is 1. The van der Waals surface area contributed by atoms with E-state index in [0.717, 1.165) is 22.2 Å². The van der Waals surface area contributed by atoms with Crippen LogP contribution in [0.1, 0.15) is 17.2 Å². The van der Waals surface area contributed by atoms with Crippen LogP contribution in [0.2, 0.25) is 0 Å². The van der Waals surface area contributed by atoms with E-state index in [-0.39, 0.29) is 17.4 Å². The third-order valence-electron chi connectivity index (χ3n) is 5.88. The molecule has 1 atom stereocenters. The number of para-hydroxylation sites is 1. The molecule has 2 aliphatic heterocycles. The third-order valence-corrected chi connectivity index (χ3v) is 5.88. The van der Waals surface area contributed by atoms with Gasteiger partial charge in [0.15, 0.2) is 6.10 Å². The lowest BCUT2D eigenvalue weighted by atomic mass is 10.0. The number of nitro benzene ring substituents is 1. The molecule has 3 aromatic carbocycles. The molecule has 3 heterocycles. The summed E-state index contributed by atoms with van der Waals surface area (Å²) < 4.78 is 11.9. The number of hydrogen-bond donors (Lipinski definition) is 3. The van der Waals surface area contributed by atoms with E-state index in [4.69, 9.17) is 9.47 Å². The molecular formula is C25H18N4O5. The Hall–Kier alpha value is -4.79. The Morgan fingerprint density at radius 3 is 2.68 bits per heavy atom. The SMILES string of the molecule is O=C1C2=C(Nc3cc([N+](=O)[O-])ccc3N2)OC1c1c[nH]c2ccc(COc3ccccc3)cc12. The zero-order chi connectivity index (χ0) is 23.2. The van der Waals surface area contributed by atoms with Crippen molar-refractivity contribution in [3.63, 3.8) is 0 Å². The highest BCUT2D eigenvalue weighted by Gasteiger charge is 2.40. The number of ether oxygens (including phenoxy) is 2. The zero-order valence-electron chi connectivity index (χ0n) is 17.7. The molecule has 0 radical (unpaired) electrons. The lowest BCUT2D eigenvalue weighted by molar-refractivity contribution is -0.384. The van der Waals surface area contributed by atoms with Crippen LogP contribution >= 0.6 is 0 Å². The summed E-state index contributed by atoms with van der Waals surface area (Å²) >= 11 is 0. The molecule has 1 unspecified atom stereocenters. The van der Waals surface area contributed by atoms with Gasteiger partial charge in [0.1, 0.15) is 18.1 Å². The molecule has 0 amide bonds. The molecule has 3 N–H and O–H groups in total. The average Bonchev–Trinajstić information content (AvgIpc) is 3.41. The van der Waals surface area contributed by atoms with Gasteiger partial charge in [-0.2, -0.15) is 0 Å². The van der Waals surface area contributed by atoms with Gasteiger partial charge in [-0.15, -0.1) is 0 Å². The molecule has 0 spiro atoms. The number of ketones is 1. The first kappa shape index (κ1) is 19.9. The molecule has 0 saturated carbocycles. The molecule has 0 aliphatic carbocycles. The summed E-state index contributed by atoms with van der Waals surface area (Å²) in [4.78, 5) is 27.1. The number of non-ortho nitro benzene ring substituents is 1. The second-order valence-electron chi connectivity index (χ2n) is 8.03. The number of hydrogen-bond acceptors (Lipinski definition) is 7. The van der Waals surface area contributed by atoms with Gasteiger partial charge in [-0.05, 0) is 35.9 Å². The van der Waals surface area contributed by atoms with E-state index in [1.165, 1.54) is 12.1 Å². The van der Waals surface area contributed by atoms with Gasteiger partial charge >= 0.3 is 0 Å². The maximum Gasteiger partial charge on any atom is 0.271 e. The minimum atomic E-state index is -0.853. The van der Waals surface area contributed by atoms with Gasteiger partial charge in [-0.1, -0.05) is 24.3 Å². The maximum absolute atomic E-state index is 13.2. The van der Waals surface area contributed by atoms with Crippen molar-refractivity contribution in [3.05, 3.63) is 106 Å². The lowest BCUT2D eigenvalue weighted by Crippen LogP contribution is -2.18. The number of fused-ring (bicyclic) bond motifs is 2. The number of benzene rings is 3. The molecule has 168 valence electrons. The molecule has 2 aliphatic rings. The van der Waals surface area contributed by atoms with E-state index in [1.807, 2.05) is 48.5 Å². The number of nitro groups is 1. The summed E-state index contributed by atoms with van der Waals surface area (Å²) in [6, 6.07) is 19.8. The molecule has 6 rings (SSSR count). The monoisotopic (exact) mass is 454 g/mol. The van der Waals surface area contributed by atoms with Crippen molar-refractivity contribution in [2.45, 2.75) is 12.7 Å². The van der Waals surface area contributed by atoms with E-state index in [0.29, 0.717) is 29.2 Å². The van der Waals surface area contributed by atoms with E-state index >= 15 is 0 Å². The van der Waals surface area contributed by atoms with Crippen molar-refractivity contribution in [1.29, 1.82) is 0 Å². The van der Waals surface area contributed by atoms with E-state index in [1.54, 1.807) is 12.3 Å². The number of rotatable bonds is 5. The van der Waals surface area contributed by atoms with Gasteiger partial charge in [0, 0.05) is 34.8 Å². The number of anilines is 2. The number of carbonyl (C=O) groups excluding carboxylic acids is 1. The molecule has 0 bridgehead atoms. The van der Waals surface area contributed by atoms with Crippen LogP contribution in [0.3, 0.4) is 0 Å². The Morgan fingerprint density at radius 1 is 1.00 bits per heavy atom. The molecule has 1 aromatic heterocycles. The second-order valence-corrected chi connectivity index (χ2v) is 8.03. The first-order valence-electron chi connectivity index (χ1n) is 10.6. The minimum absolute atomic E-state index is 0.0557. The summed E-state index contributed by atoms with van der Waals surface area (Å²) in [7, 11) is 0. The maximum atomic E-state index is 13.2. The van der Waals surface area contributed by atoms with Crippen molar-refractivity contribution in [1.82, 2.24) is 4.98 Å². The largest absolute Gasteiger partial charge is 0.489 e. The van der Waals surface area contributed by atoms with Crippen molar-refractivity contribution in [2.24, 2.45) is 0 Å². The van der Waals surface area contributed by atoms with Crippen molar-refractivity contribution in [3.8, 4) is 5.75 Å². The van der Waals surface area contributed by atoms with Crippen molar-refractivity contribution in [2.75, 3.05) is 10.6 Å². The Bertz CT molecular complexity index is 1490. The molecule has 34 heavy (non-hydrogen) atoms. The van der Waals surface area contributed by atoms with Crippen LogP contribution in [0.5, 0.6) is 5.75 Å². The molecule has 0 saturated heterocycles. The van der Waals surface area contributed by atoms with Gasteiger partial charge in [0.25, 0.3) is 5.69 Å². The number of Topliss-reactive ketones (excluding diaryl/α,β-unsaturated/α-hetero) is 1. The first-order valence-corrected chi connectivity index (χ1v) is 10.6. The number of nitrogens with one attached hydrogen (secondary N) is 3. The van der Waals surface area contributed by atoms with Gasteiger partial charge in [-0.3, -0.25) is 14.9 Å². The molecular weight excluding hydrogens is 436 g/mol. The van der Waals surface area contributed by atoms with Crippen molar-refractivity contribution >= 4 is 33.7 Å². The third kappa shape index (κ3) is 3.30. The van der Waals surface area contributed by atoms with Gasteiger partial charge < -0.3 is 25.1 Å². The Balaban J connectivity index is 1.26. The highest BCUT2D eigenvalue weighted by molar-refractivity contribution is 6.08. The molecule has 9 nitrogen and oxygen atoms in total. The number of nitrogens with zero attached hydrogens (tertiary/aromatic N) is 1. The first-order chi connectivity index (χ1) is 16.6. The summed E-state index contributed by atoms with van der Waals surface area (Å²) in [6.45, 7) is 0.385. The summed E-state index contributed by atoms with van der Waals surface area (Å²) in [5.41, 5.74) is 3.82. The van der Waals surface area contributed by atoms with E-state index in [2.05, 4.69) is 15.6 Å². The Kier molecular flexibility index (Phi) is 4.48. The van der Waals surface area contributed by atoms with Crippen LogP contribution in [0.25, 0.3) is 10.9 Å². The smallest absolute Gasteiger partial charge is 0.271 e. The number of aromatic nitrogens is 1. The number of H-pyrrole nitrogens is 1. The topological polar surface area (TPSA) is 119 Å². The summed E-state index contributed by atoms with van der Waals surface area (Å²) in [6.07, 6.45) is 0.916. The zero-order valence-corrected chi connectivity index (χ0v) is 17.7. The van der Waals surface area contributed by atoms with E-state index < -0.39 is 11.0 Å². The van der Waals surface area contributed by atoms with Gasteiger partial charge in [0.05, 0.1) is 16.3 Å². The second kappa shape index (κ2) is 7.66. The van der Waals surface area contributed by atoms with E-state index in [9.17, 15) is 14.9 Å². The Morgan fingerprint density at radius 2 is 1.85 bits per heavy atom. The summed E-state index contributed by atoms with van der Waals surface area (Å²) in [5, 5.41) is 18.0. The predicted octanol–water partition coefficient (Wildman–Crippen LogP) is 5.00. The van der Waals surface area contributed by atoms with Crippen molar-refractivity contribution < 1.29 is 19.2 Å². The van der Waals surface area contributed by atoms with Crippen LogP contribution in [0.15, 0.2) is 84.5 Å². The van der Waals surface area contributed by atoms with Crippen LogP contribution in [0.4, 0.5) is 17.1 Å². The number of aromatic amines is 1. The van der Waals surface area contributed by atoms with Gasteiger partial charge in [-0.25, -0.2) is 0 Å². The molecule has 4 aromatic rings. The average molecular weight is 454 g/mol. The van der Waals surface area contributed by atoms with Crippen LogP contribution in [0, 0.1) is 10.1 Å². The van der Waals surface area contributed by atoms with Crippen LogP contribution < -0.4 is 15.4 Å². The molecule has 9 heteroatoms. The van der Waals surface area contributed by atoms with Crippen LogP contribution in [-0.4, -0.2) is 15.7 Å². The predicted molar refractivity (Wildman–Crippen MR) is 125 cm³/mol. The quantitative estimate of drug-likeness (QED) is 0.287. The minimum Gasteiger partial charge on any atom is -0.489 e.